The van der Waals surface area contributed by atoms with Crippen molar-refractivity contribution in [3.05, 3.63) is 47.8 Å². The summed E-state index contributed by atoms with van der Waals surface area (Å²) in [7, 11) is 4.59. The Labute approximate surface area is 151 Å². The predicted molar refractivity (Wildman–Crippen MR) is 95.9 cm³/mol. The number of hydrogen-bond acceptors (Lipinski definition) is 6. The number of anilines is 1. The largest absolute Gasteiger partial charge is 0.497 e. The first kappa shape index (κ1) is 19.2. The number of nitrogens with one attached hydrogen (secondary N) is 2. The monoisotopic (exact) mass is 359 g/mol. The number of benzene rings is 1. The summed E-state index contributed by atoms with van der Waals surface area (Å²) in [5.74, 6) is 0.291. The van der Waals surface area contributed by atoms with Gasteiger partial charge in [0.25, 0.3) is 11.8 Å². The van der Waals surface area contributed by atoms with Crippen LogP contribution in [0.5, 0.6) is 11.5 Å². The van der Waals surface area contributed by atoms with Crippen molar-refractivity contribution in [3.63, 3.8) is 0 Å². The second kappa shape index (κ2) is 9.38. The van der Waals surface area contributed by atoms with Crippen LogP contribution in [-0.4, -0.2) is 51.3 Å². The van der Waals surface area contributed by atoms with Gasteiger partial charge in [0.15, 0.2) is 0 Å². The average molecular weight is 359 g/mol. The van der Waals surface area contributed by atoms with Crippen LogP contribution in [-0.2, 0) is 4.74 Å². The Kier molecular flexibility index (Phi) is 6.92. The number of amides is 2. The molecule has 0 saturated carbocycles. The summed E-state index contributed by atoms with van der Waals surface area (Å²) in [6, 6.07) is 7.98. The Morgan fingerprint density at radius 2 is 1.85 bits per heavy atom. The van der Waals surface area contributed by atoms with Crippen LogP contribution in [0.3, 0.4) is 0 Å². The topological polar surface area (TPSA) is 98.8 Å². The highest BCUT2D eigenvalue weighted by Crippen LogP contribution is 2.29. The molecule has 1 aromatic heterocycles. The molecule has 0 atom stereocenters. The number of nitrogens with zero attached hydrogens (tertiary/aromatic N) is 1. The van der Waals surface area contributed by atoms with E-state index < -0.39 is 5.91 Å². The highest BCUT2D eigenvalue weighted by molar-refractivity contribution is 6.05. The van der Waals surface area contributed by atoms with E-state index in [1.165, 1.54) is 25.4 Å². The van der Waals surface area contributed by atoms with Crippen molar-refractivity contribution in [2.75, 3.05) is 39.8 Å². The Bertz CT molecular complexity index is 779. The van der Waals surface area contributed by atoms with Crippen molar-refractivity contribution in [1.29, 1.82) is 0 Å². The van der Waals surface area contributed by atoms with E-state index in [1.54, 1.807) is 32.4 Å². The summed E-state index contributed by atoms with van der Waals surface area (Å²) in [6.45, 7) is 0.781. The lowest BCUT2D eigenvalue weighted by atomic mass is 10.2. The molecule has 0 spiro atoms. The van der Waals surface area contributed by atoms with Gasteiger partial charge in [-0.3, -0.25) is 14.6 Å². The molecule has 2 amide bonds. The first-order valence-electron chi connectivity index (χ1n) is 7.85. The Morgan fingerprint density at radius 3 is 2.54 bits per heavy atom. The minimum absolute atomic E-state index is 0.113. The third-order valence-corrected chi connectivity index (χ3v) is 3.50. The molecule has 8 nitrogen and oxygen atoms in total. The van der Waals surface area contributed by atoms with E-state index in [1.807, 2.05) is 0 Å². The molecule has 0 saturated heterocycles. The van der Waals surface area contributed by atoms with Crippen molar-refractivity contribution in [2.45, 2.75) is 0 Å². The van der Waals surface area contributed by atoms with Crippen LogP contribution in [0.4, 0.5) is 5.69 Å². The lowest BCUT2D eigenvalue weighted by Crippen LogP contribution is -2.27. The fraction of sp³-hybridized carbons (Fsp3) is 0.278. The molecular formula is C18H21N3O5. The third-order valence-electron chi connectivity index (χ3n) is 3.50. The summed E-state index contributed by atoms with van der Waals surface area (Å²) in [5, 5.41) is 5.40. The third kappa shape index (κ3) is 4.93. The van der Waals surface area contributed by atoms with E-state index in [9.17, 15) is 9.59 Å². The van der Waals surface area contributed by atoms with Crippen molar-refractivity contribution in [3.8, 4) is 11.5 Å². The highest BCUT2D eigenvalue weighted by atomic mass is 16.5. The van der Waals surface area contributed by atoms with Gasteiger partial charge in [-0.2, -0.15) is 0 Å². The smallest absolute Gasteiger partial charge is 0.274 e. The molecule has 0 fully saturated rings. The van der Waals surface area contributed by atoms with Crippen molar-refractivity contribution in [2.24, 2.45) is 0 Å². The number of aromatic nitrogens is 1. The SMILES string of the molecule is COCCNC(=O)c1ccnc(C(=O)Nc2ccc(OC)cc2OC)c1. The maximum atomic E-state index is 12.5. The molecule has 1 aromatic carbocycles. The number of methoxy groups -OCH3 is 3. The van der Waals surface area contributed by atoms with Crippen LogP contribution in [0.1, 0.15) is 20.8 Å². The fourth-order valence-corrected chi connectivity index (χ4v) is 2.15. The first-order valence-corrected chi connectivity index (χ1v) is 7.85. The van der Waals surface area contributed by atoms with Gasteiger partial charge in [-0.1, -0.05) is 0 Å². The molecule has 2 N–H and O–H groups in total. The molecular weight excluding hydrogens is 338 g/mol. The summed E-state index contributed by atoms with van der Waals surface area (Å²) >= 11 is 0. The summed E-state index contributed by atoms with van der Waals surface area (Å²) in [6.07, 6.45) is 1.41. The number of pyridine rings is 1. The summed E-state index contributed by atoms with van der Waals surface area (Å²) < 4.78 is 15.3. The number of carbonyl (C=O) groups is 2. The fourth-order valence-electron chi connectivity index (χ4n) is 2.15. The van der Waals surface area contributed by atoms with Crippen LogP contribution in [0.2, 0.25) is 0 Å². The van der Waals surface area contributed by atoms with E-state index in [2.05, 4.69) is 15.6 Å². The van der Waals surface area contributed by atoms with E-state index >= 15 is 0 Å². The van der Waals surface area contributed by atoms with Gasteiger partial charge in [-0.05, 0) is 24.3 Å². The molecule has 26 heavy (non-hydrogen) atoms. The minimum Gasteiger partial charge on any atom is -0.497 e. The Morgan fingerprint density at radius 1 is 1.04 bits per heavy atom. The zero-order valence-corrected chi connectivity index (χ0v) is 14.9. The second-order valence-corrected chi connectivity index (χ2v) is 5.20. The lowest BCUT2D eigenvalue weighted by molar-refractivity contribution is 0.0937. The number of hydrogen-bond donors (Lipinski definition) is 2. The maximum absolute atomic E-state index is 12.5. The highest BCUT2D eigenvalue weighted by Gasteiger charge is 2.14. The van der Waals surface area contributed by atoms with Gasteiger partial charge in [-0.15, -0.1) is 0 Å². The molecule has 0 bridgehead atoms. The van der Waals surface area contributed by atoms with E-state index in [4.69, 9.17) is 14.2 Å². The van der Waals surface area contributed by atoms with Gasteiger partial charge in [0.2, 0.25) is 0 Å². The van der Waals surface area contributed by atoms with Gasteiger partial charge >= 0.3 is 0 Å². The van der Waals surface area contributed by atoms with Crippen LogP contribution in [0.15, 0.2) is 36.5 Å². The molecule has 2 rings (SSSR count). The van der Waals surface area contributed by atoms with Crippen molar-refractivity contribution < 1.29 is 23.8 Å². The lowest BCUT2D eigenvalue weighted by Gasteiger charge is -2.11. The predicted octanol–water partition coefficient (Wildman–Crippen LogP) is 1.73. The average Bonchev–Trinajstić information content (AvgIpc) is 2.68. The van der Waals surface area contributed by atoms with E-state index in [0.29, 0.717) is 35.9 Å². The van der Waals surface area contributed by atoms with Gasteiger partial charge in [0.05, 0.1) is 26.5 Å². The summed E-state index contributed by atoms with van der Waals surface area (Å²) in [4.78, 5) is 28.5. The van der Waals surface area contributed by atoms with Crippen LogP contribution >= 0.6 is 0 Å². The zero-order chi connectivity index (χ0) is 18.9. The number of ether oxygens (including phenoxy) is 3. The van der Waals surface area contributed by atoms with Crippen molar-refractivity contribution in [1.82, 2.24) is 10.3 Å². The quantitative estimate of drug-likeness (QED) is 0.697. The Balaban J connectivity index is 2.13. The van der Waals surface area contributed by atoms with Gasteiger partial charge < -0.3 is 24.8 Å². The molecule has 0 aliphatic heterocycles. The van der Waals surface area contributed by atoms with Crippen LogP contribution in [0, 0.1) is 0 Å². The van der Waals surface area contributed by atoms with E-state index in [0.717, 1.165) is 0 Å². The molecule has 0 unspecified atom stereocenters. The van der Waals surface area contributed by atoms with Crippen LogP contribution < -0.4 is 20.1 Å². The first-order chi connectivity index (χ1) is 12.6. The number of rotatable bonds is 8. The Hall–Kier alpha value is -3.13. The summed E-state index contributed by atoms with van der Waals surface area (Å²) in [5.41, 5.74) is 0.917. The molecule has 0 aliphatic rings. The molecule has 138 valence electrons. The zero-order valence-electron chi connectivity index (χ0n) is 14.9. The second-order valence-electron chi connectivity index (χ2n) is 5.20. The van der Waals surface area contributed by atoms with E-state index in [-0.39, 0.29) is 11.6 Å². The molecule has 1 heterocycles. The standard InChI is InChI=1S/C18H21N3O5/c1-24-9-8-20-17(22)12-6-7-19-15(10-12)18(23)21-14-5-4-13(25-2)11-16(14)26-3/h4-7,10-11H,8-9H2,1-3H3,(H,20,22)(H,21,23). The van der Waals surface area contributed by atoms with Crippen LogP contribution in [0.25, 0.3) is 0 Å². The molecule has 0 aliphatic carbocycles. The number of carbonyl (C=O) groups excluding carboxylic acids is 2. The normalized spacial score (nSPS) is 10.1. The minimum atomic E-state index is -0.458. The van der Waals surface area contributed by atoms with Crippen molar-refractivity contribution >= 4 is 17.5 Å². The molecule has 2 aromatic rings. The maximum Gasteiger partial charge on any atom is 0.274 e. The van der Waals surface area contributed by atoms with Gasteiger partial charge in [0.1, 0.15) is 17.2 Å². The molecule has 0 radical (unpaired) electrons. The van der Waals surface area contributed by atoms with Gasteiger partial charge in [-0.25, -0.2) is 0 Å². The van der Waals surface area contributed by atoms with Gasteiger partial charge in [0, 0.05) is 31.5 Å². The molecule has 8 heteroatoms.